The van der Waals surface area contributed by atoms with E-state index in [0.29, 0.717) is 25.4 Å². The first kappa shape index (κ1) is 21.5. The number of hydrogen-bond acceptors (Lipinski definition) is 4. The maximum atomic E-state index is 14.0. The van der Waals surface area contributed by atoms with Crippen LogP contribution in [-0.2, 0) is 10.0 Å². The van der Waals surface area contributed by atoms with Gasteiger partial charge in [0.1, 0.15) is 11.6 Å². The van der Waals surface area contributed by atoms with Crippen molar-refractivity contribution in [2.75, 3.05) is 25.0 Å². The largest absolute Gasteiger partial charge is 0.492 e. The van der Waals surface area contributed by atoms with E-state index in [9.17, 15) is 17.6 Å². The maximum absolute atomic E-state index is 14.0. The van der Waals surface area contributed by atoms with Crippen LogP contribution in [0.3, 0.4) is 0 Å². The Balaban J connectivity index is 1.95. The van der Waals surface area contributed by atoms with Gasteiger partial charge in [-0.3, -0.25) is 4.79 Å². The molecule has 0 spiro atoms. The number of carbonyl (C=O) groups excluding carboxylic acids is 1. The monoisotopic (exact) mass is 440 g/mol. The summed E-state index contributed by atoms with van der Waals surface area (Å²) >= 11 is 5.86. The average Bonchev–Trinajstić information content (AvgIpc) is 2.71. The number of benzene rings is 2. The number of nitrogens with one attached hydrogen (secondary N) is 1. The maximum Gasteiger partial charge on any atom is 0.258 e. The number of halogens is 2. The van der Waals surface area contributed by atoms with E-state index < -0.39 is 21.7 Å². The van der Waals surface area contributed by atoms with Crippen LogP contribution < -0.4 is 10.1 Å². The van der Waals surface area contributed by atoms with Crippen LogP contribution in [0.1, 0.15) is 36.5 Å². The second kappa shape index (κ2) is 9.11. The van der Waals surface area contributed by atoms with Gasteiger partial charge in [0.15, 0.2) is 0 Å². The molecule has 1 aliphatic heterocycles. The lowest BCUT2D eigenvalue weighted by molar-refractivity contribution is 0.102. The molecule has 2 aromatic rings. The lowest BCUT2D eigenvalue weighted by Gasteiger charge is -2.26. The molecule has 0 aliphatic carbocycles. The minimum absolute atomic E-state index is 0.0460. The molecule has 0 unspecified atom stereocenters. The van der Waals surface area contributed by atoms with Gasteiger partial charge in [-0.05, 0) is 56.2 Å². The van der Waals surface area contributed by atoms with Crippen molar-refractivity contribution >= 4 is 33.2 Å². The standard InChI is InChI=1S/C20H22ClFN2O4S/c1-2-28-19-9-7-15(29(26,27)24-10-4-3-5-11-24)13-18(19)23-20(25)16-12-14(21)6-8-17(16)22/h6-9,12-13H,2-5,10-11H2,1H3,(H,23,25). The van der Waals surface area contributed by atoms with Crippen LogP contribution in [0.2, 0.25) is 5.02 Å². The van der Waals surface area contributed by atoms with E-state index in [4.69, 9.17) is 16.3 Å². The Bertz CT molecular complexity index is 1010. The quantitative estimate of drug-likeness (QED) is 0.726. The Hall–Kier alpha value is -2.16. The zero-order valence-electron chi connectivity index (χ0n) is 16.0. The molecule has 1 fully saturated rings. The molecule has 2 aromatic carbocycles. The number of rotatable bonds is 6. The van der Waals surface area contributed by atoms with Gasteiger partial charge < -0.3 is 10.1 Å². The van der Waals surface area contributed by atoms with Crippen LogP contribution in [0, 0.1) is 5.82 Å². The summed E-state index contributed by atoms with van der Waals surface area (Å²) in [5, 5.41) is 2.76. The minimum Gasteiger partial charge on any atom is -0.492 e. The fraction of sp³-hybridized carbons (Fsp3) is 0.350. The Labute approximate surface area is 174 Å². The molecule has 0 saturated carbocycles. The highest BCUT2D eigenvalue weighted by molar-refractivity contribution is 7.89. The molecule has 1 amide bonds. The van der Waals surface area contributed by atoms with Gasteiger partial charge in [-0.1, -0.05) is 18.0 Å². The van der Waals surface area contributed by atoms with Gasteiger partial charge in [0.2, 0.25) is 10.0 Å². The van der Waals surface area contributed by atoms with Gasteiger partial charge in [-0.2, -0.15) is 4.31 Å². The number of hydrogen-bond donors (Lipinski definition) is 1. The van der Waals surface area contributed by atoms with Gasteiger partial charge in [0.05, 0.1) is 22.8 Å². The van der Waals surface area contributed by atoms with Crippen molar-refractivity contribution in [3.05, 3.63) is 52.8 Å². The Morgan fingerprint density at radius 1 is 1.17 bits per heavy atom. The predicted octanol–water partition coefficient (Wildman–Crippen LogP) is 4.30. The molecule has 1 saturated heterocycles. The normalized spacial score (nSPS) is 15.1. The van der Waals surface area contributed by atoms with Crippen molar-refractivity contribution in [3.63, 3.8) is 0 Å². The highest BCUT2D eigenvalue weighted by atomic mass is 35.5. The molecule has 0 bridgehead atoms. The first-order valence-corrected chi connectivity index (χ1v) is 11.2. The van der Waals surface area contributed by atoms with Crippen LogP contribution in [0.15, 0.2) is 41.3 Å². The summed E-state index contributed by atoms with van der Waals surface area (Å²) in [7, 11) is -3.70. The second-order valence-electron chi connectivity index (χ2n) is 6.63. The zero-order valence-corrected chi connectivity index (χ0v) is 17.5. The summed E-state index contributed by atoms with van der Waals surface area (Å²) in [5.74, 6) is -1.19. The van der Waals surface area contributed by atoms with Gasteiger partial charge in [0.25, 0.3) is 5.91 Å². The number of piperidine rings is 1. The molecule has 29 heavy (non-hydrogen) atoms. The molecule has 1 aliphatic rings. The third kappa shape index (κ3) is 4.88. The third-order valence-electron chi connectivity index (χ3n) is 4.62. The van der Waals surface area contributed by atoms with Crippen molar-refractivity contribution < 1.29 is 22.3 Å². The summed E-state index contributed by atoms with van der Waals surface area (Å²) in [6.45, 7) is 3.00. The summed E-state index contributed by atoms with van der Waals surface area (Å²) in [4.78, 5) is 12.6. The SMILES string of the molecule is CCOc1ccc(S(=O)(=O)N2CCCCC2)cc1NC(=O)c1cc(Cl)ccc1F. The fourth-order valence-corrected chi connectivity index (χ4v) is 4.88. The number of nitrogens with zero attached hydrogens (tertiary/aromatic N) is 1. The lowest BCUT2D eigenvalue weighted by atomic mass is 10.2. The Morgan fingerprint density at radius 3 is 2.59 bits per heavy atom. The van der Waals surface area contributed by atoms with Crippen molar-refractivity contribution in [2.45, 2.75) is 31.1 Å². The molecule has 1 heterocycles. The van der Waals surface area contributed by atoms with E-state index >= 15 is 0 Å². The highest BCUT2D eigenvalue weighted by Gasteiger charge is 2.27. The van der Waals surface area contributed by atoms with Crippen molar-refractivity contribution in [3.8, 4) is 5.75 Å². The first-order chi connectivity index (χ1) is 13.8. The van der Waals surface area contributed by atoms with Crippen molar-refractivity contribution in [1.29, 1.82) is 0 Å². The molecule has 1 N–H and O–H groups in total. The molecule has 156 valence electrons. The summed E-state index contributed by atoms with van der Waals surface area (Å²) in [5.41, 5.74) is -0.0986. The molecule has 6 nitrogen and oxygen atoms in total. The van der Waals surface area contributed by atoms with Gasteiger partial charge in [-0.25, -0.2) is 12.8 Å². The number of amides is 1. The van der Waals surface area contributed by atoms with E-state index in [1.165, 1.54) is 34.6 Å². The topological polar surface area (TPSA) is 75.7 Å². The number of sulfonamides is 1. The summed E-state index contributed by atoms with van der Waals surface area (Å²) in [6.07, 6.45) is 2.63. The van der Waals surface area contributed by atoms with Gasteiger partial charge >= 0.3 is 0 Å². The Morgan fingerprint density at radius 2 is 1.90 bits per heavy atom. The average molecular weight is 441 g/mol. The molecule has 0 aromatic heterocycles. The van der Waals surface area contributed by atoms with E-state index in [2.05, 4.69) is 5.32 Å². The smallest absolute Gasteiger partial charge is 0.258 e. The van der Waals surface area contributed by atoms with Crippen LogP contribution in [-0.4, -0.2) is 38.3 Å². The molecule has 0 atom stereocenters. The summed E-state index contributed by atoms with van der Waals surface area (Å²) < 4.78 is 46.9. The fourth-order valence-electron chi connectivity index (χ4n) is 3.16. The number of ether oxygens (including phenoxy) is 1. The number of anilines is 1. The molecule has 3 rings (SSSR count). The second-order valence-corrected chi connectivity index (χ2v) is 9.01. The van der Waals surface area contributed by atoms with E-state index in [0.717, 1.165) is 25.3 Å². The lowest BCUT2D eigenvalue weighted by Crippen LogP contribution is -2.35. The van der Waals surface area contributed by atoms with Crippen LogP contribution in [0.4, 0.5) is 10.1 Å². The molecule has 0 radical (unpaired) electrons. The zero-order chi connectivity index (χ0) is 21.0. The minimum atomic E-state index is -3.70. The van der Waals surface area contributed by atoms with E-state index in [1.54, 1.807) is 6.92 Å². The molecular weight excluding hydrogens is 419 g/mol. The molecule has 9 heteroatoms. The van der Waals surface area contributed by atoms with Crippen LogP contribution in [0.5, 0.6) is 5.75 Å². The van der Waals surface area contributed by atoms with Gasteiger partial charge in [-0.15, -0.1) is 0 Å². The van der Waals surface area contributed by atoms with Crippen molar-refractivity contribution in [2.24, 2.45) is 0 Å². The predicted molar refractivity (Wildman–Crippen MR) is 110 cm³/mol. The number of carbonyl (C=O) groups is 1. The van der Waals surface area contributed by atoms with Gasteiger partial charge in [0, 0.05) is 18.1 Å². The van der Waals surface area contributed by atoms with Crippen LogP contribution >= 0.6 is 11.6 Å². The summed E-state index contributed by atoms with van der Waals surface area (Å²) in [6, 6.07) is 7.92. The Kier molecular flexibility index (Phi) is 6.77. The van der Waals surface area contributed by atoms with Crippen molar-refractivity contribution in [1.82, 2.24) is 4.31 Å². The van der Waals surface area contributed by atoms with E-state index in [-0.39, 0.29) is 21.2 Å². The molecular formula is C20H22ClFN2O4S. The van der Waals surface area contributed by atoms with Crippen LogP contribution in [0.25, 0.3) is 0 Å². The third-order valence-corrected chi connectivity index (χ3v) is 6.75. The highest BCUT2D eigenvalue weighted by Crippen LogP contribution is 2.31. The van der Waals surface area contributed by atoms with E-state index in [1.807, 2.05) is 0 Å². The first-order valence-electron chi connectivity index (χ1n) is 9.36.